The number of methoxy groups -OCH3 is 1. The van der Waals surface area contributed by atoms with Crippen LogP contribution in [0.3, 0.4) is 0 Å². The van der Waals surface area contributed by atoms with Crippen molar-refractivity contribution in [2.45, 2.75) is 19.8 Å². The lowest BCUT2D eigenvalue weighted by Gasteiger charge is -2.14. The first-order valence-electron chi connectivity index (χ1n) is 8.71. The van der Waals surface area contributed by atoms with Crippen molar-refractivity contribution < 1.29 is 9.53 Å². The predicted octanol–water partition coefficient (Wildman–Crippen LogP) is 4.87. The van der Waals surface area contributed by atoms with Crippen LogP contribution in [-0.4, -0.2) is 23.0 Å². The number of esters is 1. The Morgan fingerprint density at radius 3 is 2.44 bits per heavy atom. The van der Waals surface area contributed by atoms with Gasteiger partial charge in [0.05, 0.1) is 12.7 Å². The number of benzene rings is 2. The second-order valence-corrected chi connectivity index (χ2v) is 6.33. The summed E-state index contributed by atoms with van der Waals surface area (Å²) in [4.78, 5) is 20.3. The molecule has 138 valence electrons. The maximum atomic E-state index is 11.5. The lowest BCUT2D eigenvalue weighted by molar-refractivity contribution is 0.0601. The number of rotatable bonds is 6. The summed E-state index contributed by atoms with van der Waals surface area (Å²) in [5, 5.41) is 6.50. The summed E-state index contributed by atoms with van der Waals surface area (Å²) in [7, 11) is 1.36. The Labute approximate surface area is 158 Å². The van der Waals surface area contributed by atoms with Crippen molar-refractivity contribution in [2.75, 3.05) is 17.7 Å². The van der Waals surface area contributed by atoms with Gasteiger partial charge in [-0.25, -0.2) is 9.78 Å². The molecule has 2 N–H and O–H groups in total. The topological polar surface area (TPSA) is 76.1 Å². The molecule has 2 aromatic carbocycles. The van der Waals surface area contributed by atoms with E-state index in [1.807, 2.05) is 24.3 Å². The van der Waals surface area contributed by atoms with E-state index >= 15 is 0 Å². The number of nitrogens with zero attached hydrogens (tertiary/aromatic N) is 2. The molecule has 0 aliphatic rings. The van der Waals surface area contributed by atoms with E-state index in [0.29, 0.717) is 23.2 Å². The molecule has 6 heteroatoms. The van der Waals surface area contributed by atoms with Gasteiger partial charge in [-0.1, -0.05) is 32.0 Å². The zero-order valence-electron chi connectivity index (χ0n) is 15.6. The number of anilines is 4. The predicted molar refractivity (Wildman–Crippen MR) is 107 cm³/mol. The lowest BCUT2D eigenvalue weighted by atomic mass is 10.0. The minimum absolute atomic E-state index is 0.368. The number of nitrogens with one attached hydrogen (secondary N) is 2. The Bertz CT molecular complexity index is 923. The molecule has 1 aromatic heterocycles. The molecule has 0 amide bonds. The van der Waals surface area contributed by atoms with Crippen LogP contribution in [0.1, 0.15) is 35.7 Å². The van der Waals surface area contributed by atoms with Gasteiger partial charge in [-0.15, -0.1) is 0 Å². The molecule has 1 heterocycles. The Kier molecular flexibility index (Phi) is 5.66. The lowest BCUT2D eigenvalue weighted by Crippen LogP contribution is -2.03. The van der Waals surface area contributed by atoms with Crippen molar-refractivity contribution in [1.82, 2.24) is 9.97 Å². The molecule has 0 atom stereocenters. The molecule has 0 saturated heterocycles. The van der Waals surface area contributed by atoms with Crippen molar-refractivity contribution in [3.05, 3.63) is 71.9 Å². The Morgan fingerprint density at radius 1 is 1.00 bits per heavy atom. The van der Waals surface area contributed by atoms with E-state index in [0.717, 1.165) is 11.4 Å². The molecule has 27 heavy (non-hydrogen) atoms. The molecule has 3 rings (SSSR count). The van der Waals surface area contributed by atoms with Gasteiger partial charge in [0.25, 0.3) is 0 Å². The third-order valence-electron chi connectivity index (χ3n) is 4.06. The molecule has 0 unspecified atom stereocenters. The molecule has 0 saturated carbocycles. The van der Waals surface area contributed by atoms with Gasteiger partial charge in [0.15, 0.2) is 0 Å². The minimum atomic E-state index is -0.368. The van der Waals surface area contributed by atoms with E-state index < -0.39 is 0 Å². The summed E-state index contributed by atoms with van der Waals surface area (Å²) in [6.07, 6.45) is 1.69. The number of hydrogen-bond donors (Lipinski definition) is 2. The third kappa shape index (κ3) is 4.61. The highest BCUT2D eigenvalue weighted by Gasteiger charge is 2.08. The molecule has 3 aromatic rings. The van der Waals surface area contributed by atoms with Gasteiger partial charge in [0.1, 0.15) is 5.82 Å². The van der Waals surface area contributed by atoms with Crippen molar-refractivity contribution in [2.24, 2.45) is 0 Å². The molecule has 0 aliphatic heterocycles. The zero-order chi connectivity index (χ0) is 19.2. The number of carbonyl (C=O) groups is 1. The highest BCUT2D eigenvalue weighted by molar-refractivity contribution is 5.89. The van der Waals surface area contributed by atoms with E-state index in [1.165, 1.54) is 12.7 Å². The van der Waals surface area contributed by atoms with Crippen molar-refractivity contribution in [3.63, 3.8) is 0 Å². The molecule has 0 aliphatic carbocycles. The number of para-hydroxylation sites is 1. The maximum Gasteiger partial charge on any atom is 0.337 e. The Morgan fingerprint density at radius 2 is 1.74 bits per heavy atom. The Balaban J connectivity index is 1.75. The van der Waals surface area contributed by atoms with Crippen LogP contribution < -0.4 is 10.6 Å². The molecular weight excluding hydrogens is 340 g/mol. The van der Waals surface area contributed by atoms with Crippen LogP contribution in [0.5, 0.6) is 0 Å². The molecular formula is C21H22N4O2. The summed E-state index contributed by atoms with van der Waals surface area (Å²) < 4.78 is 4.70. The standard InChI is InChI=1S/C21H22N4O2/c1-14(2)17-6-4-5-7-18(17)24-19-12-13-22-21(25-19)23-16-10-8-15(9-11-16)20(26)27-3/h4-14H,1-3H3,(H2,22,23,24,25). The molecule has 0 radical (unpaired) electrons. The summed E-state index contributed by atoms with van der Waals surface area (Å²) in [5.74, 6) is 1.20. The molecule has 6 nitrogen and oxygen atoms in total. The fourth-order valence-corrected chi connectivity index (χ4v) is 2.68. The monoisotopic (exact) mass is 362 g/mol. The number of aromatic nitrogens is 2. The summed E-state index contributed by atoms with van der Waals surface area (Å²) in [5.41, 5.74) is 3.52. The fourth-order valence-electron chi connectivity index (χ4n) is 2.68. The normalized spacial score (nSPS) is 10.5. The van der Waals surface area contributed by atoms with Crippen LogP contribution in [0.25, 0.3) is 0 Å². The van der Waals surface area contributed by atoms with Gasteiger partial charge in [-0.05, 0) is 47.9 Å². The quantitative estimate of drug-likeness (QED) is 0.609. The summed E-state index contributed by atoms with van der Waals surface area (Å²) in [6, 6.07) is 16.9. The number of ether oxygens (including phenoxy) is 1. The summed E-state index contributed by atoms with van der Waals surface area (Å²) in [6.45, 7) is 4.32. The van der Waals surface area contributed by atoms with Gasteiger partial charge in [0, 0.05) is 17.6 Å². The van der Waals surface area contributed by atoms with Crippen LogP contribution >= 0.6 is 0 Å². The first-order chi connectivity index (χ1) is 13.1. The van der Waals surface area contributed by atoms with Crippen LogP contribution in [-0.2, 0) is 4.74 Å². The Hall–Kier alpha value is -3.41. The van der Waals surface area contributed by atoms with Crippen LogP contribution in [0.4, 0.5) is 23.1 Å². The number of hydrogen-bond acceptors (Lipinski definition) is 6. The third-order valence-corrected chi connectivity index (χ3v) is 4.06. The number of carbonyl (C=O) groups excluding carboxylic acids is 1. The zero-order valence-corrected chi connectivity index (χ0v) is 15.6. The van der Waals surface area contributed by atoms with E-state index in [9.17, 15) is 4.79 Å². The van der Waals surface area contributed by atoms with Crippen LogP contribution in [0.2, 0.25) is 0 Å². The first-order valence-corrected chi connectivity index (χ1v) is 8.71. The van der Waals surface area contributed by atoms with E-state index in [1.54, 1.807) is 30.5 Å². The summed E-state index contributed by atoms with van der Waals surface area (Å²) >= 11 is 0. The second-order valence-electron chi connectivity index (χ2n) is 6.33. The highest BCUT2D eigenvalue weighted by atomic mass is 16.5. The van der Waals surface area contributed by atoms with Gasteiger partial charge in [-0.2, -0.15) is 4.98 Å². The van der Waals surface area contributed by atoms with Crippen molar-refractivity contribution in [3.8, 4) is 0 Å². The van der Waals surface area contributed by atoms with Gasteiger partial charge in [-0.3, -0.25) is 0 Å². The molecule has 0 fully saturated rings. The van der Waals surface area contributed by atoms with Gasteiger partial charge < -0.3 is 15.4 Å². The highest BCUT2D eigenvalue weighted by Crippen LogP contribution is 2.26. The largest absolute Gasteiger partial charge is 0.465 e. The van der Waals surface area contributed by atoms with Crippen LogP contribution in [0.15, 0.2) is 60.8 Å². The average molecular weight is 362 g/mol. The molecule has 0 bridgehead atoms. The van der Waals surface area contributed by atoms with E-state index in [4.69, 9.17) is 4.74 Å². The SMILES string of the molecule is COC(=O)c1ccc(Nc2nccc(Nc3ccccc3C(C)C)n2)cc1. The van der Waals surface area contributed by atoms with E-state index in [-0.39, 0.29) is 5.97 Å². The fraction of sp³-hybridized carbons (Fsp3) is 0.190. The first kappa shape index (κ1) is 18.4. The van der Waals surface area contributed by atoms with Crippen LogP contribution in [0, 0.1) is 0 Å². The van der Waals surface area contributed by atoms with Gasteiger partial charge >= 0.3 is 5.97 Å². The van der Waals surface area contributed by atoms with E-state index in [2.05, 4.69) is 40.5 Å². The minimum Gasteiger partial charge on any atom is -0.465 e. The van der Waals surface area contributed by atoms with Crippen molar-refractivity contribution in [1.29, 1.82) is 0 Å². The average Bonchev–Trinajstić information content (AvgIpc) is 2.68. The second kappa shape index (κ2) is 8.31. The smallest absolute Gasteiger partial charge is 0.337 e. The van der Waals surface area contributed by atoms with Gasteiger partial charge in [0.2, 0.25) is 5.95 Å². The van der Waals surface area contributed by atoms with Crippen molar-refractivity contribution >= 4 is 29.1 Å². The maximum absolute atomic E-state index is 11.5. The molecule has 0 spiro atoms.